The van der Waals surface area contributed by atoms with Gasteiger partial charge in [0.25, 0.3) is 0 Å². The third-order valence-corrected chi connectivity index (χ3v) is 0. The van der Waals surface area contributed by atoms with Crippen LogP contribution in [0.3, 0.4) is 0 Å². The van der Waals surface area contributed by atoms with Crippen molar-refractivity contribution in [2.45, 2.75) is 0 Å². The van der Waals surface area contributed by atoms with E-state index in [1.54, 1.807) is 0 Å². The zero-order valence-electron chi connectivity index (χ0n) is 1.80. The Morgan fingerprint density at radius 3 is 1.75 bits per heavy atom. The zero-order chi connectivity index (χ0) is 2.71. The fourth-order valence-corrected chi connectivity index (χ4v) is 0. The molecule has 0 bridgehead atoms. The Morgan fingerprint density at radius 2 is 1.75 bits per heavy atom. The molecule has 1 N–H and O–H groups in total. The molecular formula is CHNbO2-. The normalized spacial score (nSPS) is 3.00. The first kappa shape index (κ1) is 8.88. The Balaban J connectivity index is 0. The van der Waals surface area contributed by atoms with Gasteiger partial charge in [0.15, 0.2) is 0 Å². The second-order valence-electron chi connectivity index (χ2n) is 0.0913. The molecule has 3 heteroatoms. The smallest absolute Gasteiger partial charge is 0 e. The summed E-state index contributed by atoms with van der Waals surface area (Å²) in [5.41, 5.74) is 0. The van der Waals surface area contributed by atoms with Gasteiger partial charge in [-0.2, -0.15) is 0 Å². The molecule has 0 fully saturated rings. The van der Waals surface area contributed by atoms with E-state index in [0.717, 1.165) is 0 Å². The van der Waals surface area contributed by atoms with Crippen LogP contribution in [-0.2, 0) is 27.2 Å². The first-order valence-electron chi connectivity index (χ1n) is 0.428. The summed E-state index contributed by atoms with van der Waals surface area (Å²) in [4.78, 5) is 8.24. The van der Waals surface area contributed by atoms with Crippen molar-refractivity contribution in [3.63, 3.8) is 0 Å². The van der Waals surface area contributed by atoms with Crippen LogP contribution in [0, 0.1) is 0 Å². The maximum atomic E-state index is 8.24. The average molecular weight is 138 g/mol. The maximum absolute atomic E-state index is 8.24. The molecule has 0 saturated carbocycles. The summed E-state index contributed by atoms with van der Waals surface area (Å²) >= 11 is 0. The molecule has 0 atom stereocenters. The van der Waals surface area contributed by atoms with Crippen molar-refractivity contribution in [3.8, 4) is 0 Å². The predicted molar refractivity (Wildman–Crippen MR) is 8.32 cm³/mol. The van der Waals surface area contributed by atoms with E-state index in [1.165, 1.54) is 0 Å². The molecule has 0 spiro atoms. The van der Waals surface area contributed by atoms with Gasteiger partial charge < -0.3 is 9.90 Å². The Bertz CT molecular complexity index is 13.5. The minimum absolute atomic E-state index is 0. The van der Waals surface area contributed by atoms with E-state index < -0.39 is 0 Å². The Labute approximate surface area is 39.3 Å². The fraction of sp³-hybridized carbons (Fsp3) is 0. The van der Waals surface area contributed by atoms with Crippen molar-refractivity contribution < 1.29 is 32.3 Å². The van der Waals surface area contributed by atoms with E-state index in [9.17, 15) is 0 Å². The summed E-state index contributed by atoms with van der Waals surface area (Å²) in [6.07, 6.45) is 0. The van der Waals surface area contributed by atoms with Crippen molar-refractivity contribution in [2.24, 2.45) is 0 Å². The fourth-order valence-electron chi connectivity index (χ4n) is 0. The molecule has 0 heterocycles. The van der Waals surface area contributed by atoms with Gasteiger partial charge in [0.2, 0.25) is 0 Å². The Kier molecular flexibility index (Phi) is 23.8. The molecule has 0 aliphatic heterocycles. The molecule has 0 rings (SSSR count). The molecule has 0 aliphatic carbocycles. The molecule has 0 aromatic carbocycles. The quantitative estimate of drug-likeness (QED) is 0.365. The van der Waals surface area contributed by atoms with Crippen molar-refractivity contribution in [1.82, 2.24) is 0 Å². The summed E-state index contributed by atoms with van der Waals surface area (Å²) in [5.74, 6) is 0. The summed E-state index contributed by atoms with van der Waals surface area (Å²) in [5, 5.41) is 6.76. The van der Waals surface area contributed by atoms with Crippen LogP contribution in [-0.4, -0.2) is 11.6 Å². The van der Waals surface area contributed by atoms with Crippen molar-refractivity contribution in [3.05, 3.63) is 0 Å². The monoisotopic (exact) mass is 138 g/mol. The summed E-state index contributed by atoms with van der Waals surface area (Å²) < 4.78 is 0. The van der Waals surface area contributed by atoms with E-state index in [1.807, 2.05) is 0 Å². The van der Waals surface area contributed by atoms with Gasteiger partial charge in [-0.15, -0.1) is 0 Å². The van der Waals surface area contributed by atoms with Crippen LogP contribution in [0.5, 0.6) is 0 Å². The molecule has 0 aliphatic rings. The molecule has 4 heavy (non-hydrogen) atoms. The first-order valence-corrected chi connectivity index (χ1v) is 0.428. The maximum Gasteiger partial charge on any atom is 0 e. The standard InChI is InChI=1S/CHO2.Nb/c2-1-3;/h(H,2,3);/q-1;. The summed E-state index contributed by atoms with van der Waals surface area (Å²) in [6, 6.07) is 0. The first-order chi connectivity index (χ1) is 1.41. The number of rotatable bonds is 0. The molecule has 23 valence electrons. The topological polar surface area (TPSA) is 37.3 Å². The molecular weight excluding hydrogens is 137 g/mol. The van der Waals surface area contributed by atoms with Gasteiger partial charge in [-0.05, 0) is 0 Å². The van der Waals surface area contributed by atoms with Crippen LogP contribution in [0.2, 0.25) is 0 Å². The predicted octanol–water partition coefficient (Wildman–Crippen LogP) is -0.391. The molecule has 0 aromatic rings. The number of hydrogen-bond donors (Lipinski definition) is 1. The minimum Gasteiger partial charge on any atom is -0.665 e. The van der Waals surface area contributed by atoms with Crippen molar-refractivity contribution in [1.29, 1.82) is 0 Å². The van der Waals surface area contributed by atoms with Gasteiger partial charge >= 0.3 is 0 Å². The van der Waals surface area contributed by atoms with Gasteiger partial charge in [-0.3, -0.25) is 0 Å². The number of hydrogen-bond acceptors (Lipinski definition) is 1. The van der Waals surface area contributed by atoms with Crippen LogP contribution in [0.4, 0.5) is 0 Å². The van der Waals surface area contributed by atoms with E-state index >= 15 is 0 Å². The van der Waals surface area contributed by atoms with Gasteiger partial charge in [0.1, 0.15) is 0 Å². The van der Waals surface area contributed by atoms with Crippen LogP contribution in [0.1, 0.15) is 0 Å². The summed E-state index contributed by atoms with van der Waals surface area (Å²) in [7, 11) is 0. The van der Waals surface area contributed by atoms with E-state index in [2.05, 4.69) is 0 Å². The van der Waals surface area contributed by atoms with Crippen LogP contribution in [0.15, 0.2) is 0 Å². The van der Waals surface area contributed by atoms with Gasteiger partial charge in [0.05, 0.1) is 0 Å². The van der Waals surface area contributed by atoms with Gasteiger partial charge in [-0.1, -0.05) is 6.47 Å². The largest absolute Gasteiger partial charge is 0.665 e. The van der Waals surface area contributed by atoms with Crippen LogP contribution in [0.25, 0.3) is 0 Å². The summed E-state index contributed by atoms with van der Waals surface area (Å²) in [6.45, 7) is 0.500. The van der Waals surface area contributed by atoms with Gasteiger partial charge in [0, 0.05) is 22.4 Å². The van der Waals surface area contributed by atoms with Crippen LogP contribution >= 0.6 is 0 Å². The van der Waals surface area contributed by atoms with E-state index in [4.69, 9.17) is 9.90 Å². The minimum atomic E-state index is 0. The zero-order valence-corrected chi connectivity index (χ0v) is 4.00. The molecule has 2 nitrogen and oxygen atoms in total. The third kappa shape index (κ3) is 73.2. The van der Waals surface area contributed by atoms with Crippen molar-refractivity contribution in [2.75, 3.05) is 0 Å². The number of aliphatic hydroxyl groups excluding tert-OH is 1. The van der Waals surface area contributed by atoms with E-state index in [-0.39, 0.29) is 22.4 Å². The molecule has 0 unspecified atom stereocenters. The molecule has 0 amide bonds. The Morgan fingerprint density at radius 1 is 1.75 bits per heavy atom. The molecule has 0 saturated heterocycles. The third-order valence-electron chi connectivity index (χ3n) is 0. The SMILES string of the molecule is O=[C-]O.[Nb]. The molecule has 1 radical (unpaired) electrons. The second kappa shape index (κ2) is 10.7. The van der Waals surface area contributed by atoms with E-state index in [0.29, 0.717) is 6.47 Å². The van der Waals surface area contributed by atoms with Crippen molar-refractivity contribution >= 4 is 6.47 Å². The molecule has 0 aromatic heterocycles. The van der Waals surface area contributed by atoms with Crippen LogP contribution < -0.4 is 0 Å². The Hall–Kier alpha value is 0.210. The average Bonchev–Trinajstić information content (AvgIpc) is 0.918. The second-order valence-corrected chi connectivity index (χ2v) is 0.0913. The van der Waals surface area contributed by atoms with Gasteiger partial charge in [-0.25, -0.2) is 0 Å².